The number of ether oxygens (including phenoxy) is 1. The molecule has 1 heterocycles. The Hall–Kier alpha value is -3.13. The van der Waals surface area contributed by atoms with E-state index >= 15 is 0 Å². The van der Waals surface area contributed by atoms with Gasteiger partial charge in [-0.25, -0.2) is 0 Å². The highest BCUT2D eigenvalue weighted by atomic mass is 16.5. The SMILES string of the molecule is COC1=CC(=N)/C(=C\NC2CC(C(C)(C)O)C2)C=C1NC(=O)c1cccc(C)[n+]1O. The van der Waals surface area contributed by atoms with E-state index in [-0.39, 0.29) is 23.4 Å². The summed E-state index contributed by atoms with van der Waals surface area (Å²) in [7, 11) is 1.47. The molecule has 0 aromatic carbocycles. The number of aryl methyl sites for hydroxylation is 1. The lowest BCUT2D eigenvalue weighted by Gasteiger charge is -2.42. The summed E-state index contributed by atoms with van der Waals surface area (Å²) < 4.78 is 6.14. The van der Waals surface area contributed by atoms with Gasteiger partial charge in [-0.15, -0.1) is 0 Å². The maximum atomic E-state index is 12.7. The predicted molar refractivity (Wildman–Crippen MR) is 111 cm³/mol. The third-order valence-corrected chi connectivity index (χ3v) is 5.62. The van der Waals surface area contributed by atoms with Gasteiger partial charge >= 0.3 is 11.6 Å². The van der Waals surface area contributed by atoms with Gasteiger partial charge in [0, 0.05) is 47.7 Å². The van der Waals surface area contributed by atoms with E-state index in [0.717, 1.165) is 17.6 Å². The molecule has 30 heavy (non-hydrogen) atoms. The van der Waals surface area contributed by atoms with Gasteiger partial charge in [-0.3, -0.25) is 10.0 Å². The monoisotopic (exact) mass is 413 g/mol. The van der Waals surface area contributed by atoms with Gasteiger partial charge in [0.05, 0.1) is 24.1 Å². The summed E-state index contributed by atoms with van der Waals surface area (Å²) in [4.78, 5) is 12.7. The molecule has 1 saturated carbocycles. The number of carbonyl (C=O) groups is 1. The average molecular weight is 413 g/mol. The zero-order valence-electron chi connectivity index (χ0n) is 17.7. The van der Waals surface area contributed by atoms with Gasteiger partial charge in [-0.1, -0.05) is 0 Å². The molecule has 1 aromatic rings. The number of aliphatic hydroxyl groups is 1. The second kappa shape index (κ2) is 8.31. The van der Waals surface area contributed by atoms with Crippen LogP contribution in [0.2, 0.25) is 0 Å². The summed E-state index contributed by atoms with van der Waals surface area (Å²) >= 11 is 0. The van der Waals surface area contributed by atoms with Gasteiger partial charge in [-0.2, -0.15) is 0 Å². The number of carbonyl (C=O) groups excluding carboxylic acids is 1. The van der Waals surface area contributed by atoms with Crippen LogP contribution in [-0.4, -0.2) is 40.7 Å². The largest absolute Gasteiger partial charge is 0.494 e. The van der Waals surface area contributed by atoms with E-state index in [0.29, 0.717) is 22.7 Å². The first kappa shape index (κ1) is 21.6. The van der Waals surface area contributed by atoms with Crippen molar-refractivity contribution in [3.63, 3.8) is 0 Å². The van der Waals surface area contributed by atoms with Crippen LogP contribution in [0, 0.1) is 18.3 Å². The Kier molecular flexibility index (Phi) is 5.98. The van der Waals surface area contributed by atoms with E-state index in [9.17, 15) is 15.1 Å². The molecule has 0 atom stereocenters. The normalized spacial score (nSPS) is 22.7. The second-order valence-corrected chi connectivity index (χ2v) is 8.29. The third kappa shape index (κ3) is 4.54. The van der Waals surface area contributed by atoms with Crippen molar-refractivity contribution in [1.29, 1.82) is 5.41 Å². The number of methoxy groups -OCH3 is 1. The Balaban J connectivity index is 1.74. The highest BCUT2D eigenvalue weighted by Crippen LogP contribution is 2.36. The fourth-order valence-corrected chi connectivity index (χ4v) is 3.49. The summed E-state index contributed by atoms with van der Waals surface area (Å²) in [5.41, 5.74) is 1.18. The number of allylic oxidation sites excluding steroid dienone is 3. The van der Waals surface area contributed by atoms with Crippen LogP contribution in [0.3, 0.4) is 0 Å². The van der Waals surface area contributed by atoms with Crippen molar-refractivity contribution in [3.8, 4) is 0 Å². The molecule has 1 amide bonds. The van der Waals surface area contributed by atoms with Crippen LogP contribution < -0.4 is 15.4 Å². The van der Waals surface area contributed by atoms with E-state index in [1.165, 1.54) is 19.3 Å². The number of nitrogens with one attached hydrogen (secondary N) is 3. The van der Waals surface area contributed by atoms with Crippen LogP contribution in [0.25, 0.3) is 0 Å². The first-order valence-corrected chi connectivity index (χ1v) is 9.87. The molecule has 0 saturated heterocycles. The first-order valence-electron chi connectivity index (χ1n) is 9.87. The molecule has 0 aliphatic heterocycles. The van der Waals surface area contributed by atoms with Crippen molar-refractivity contribution in [2.45, 2.75) is 45.3 Å². The molecule has 1 fully saturated rings. The number of hydrogen-bond acceptors (Lipinski definition) is 6. The lowest BCUT2D eigenvalue weighted by atomic mass is 9.71. The highest BCUT2D eigenvalue weighted by Gasteiger charge is 2.38. The molecule has 5 N–H and O–H groups in total. The molecular formula is C22H29N4O4+. The lowest BCUT2D eigenvalue weighted by Crippen LogP contribution is -2.48. The fraction of sp³-hybridized carbons (Fsp3) is 0.409. The molecule has 8 nitrogen and oxygen atoms in total. The molecule has 2 aliphatic rings. The number of rotatable bonds is 6. The quantitative estimate of drug-likeness (QED) is 0.359. The minimum atomic E-state index is -0.685. The van der Waals surface area contributed by atoms with Crippen LogP contribution in [0.5, 0.6) is 0 Å². The summed E-state index contributed by atoms with van der Waals surface area (Å²) in [5, 5.41) is 34.4. The van der Waals surface area contributed by atoms with Crippen LogP contribution >= 0.6 is 0 Å². The molecule has 1 aromatic heterocycles. The van der Waals surface area contributed by atoms with E-state index in [1.54, 1.807) is 31.3 Å². The average Bonchev–Trinajstić information content (AvgIpc) is 2.63. The second-order valence-electron chi connectivity index (χ2n) is 8.29. The Morgan fingerprint density at radius 2 is 2.03 bits per heavy atom. The van der Waals surface area contributed by atoms with Gasteiger partial charge < -0.3 is 25.9 Å². The molecule has 0 radical (unpaired) electrons. The minimum absolute atomic E-state index is 0.0859. The summed E-state index contributed by atoms with van der Waals surface area (Å²) in [6.07, 6.45) is 6.66. The fourth-order valence-electron chi connectivity index (χ4n) is 3.49. The van der Waals surface area contributed by atoms with Crippen molar-refractivity contribution in [2.24, 2.45) is 5.92 Å². The maximum absolute atomic E-state index is 12.7. The number of aromatic nitrogens is 1. The predicted octanol–water partition coefficient (Wildman–Crippen LogP) is 1.72. The van der Waals surface area contributed by atoms with Gasteiger partial charge in [0.1, 0.15) is 5.76 Å². The van der Waals surface area contributed by atoms with Gasteiger partial charge in [-0.05, 0) is 44.7 Å². The van der Waals surface area contributed by atoms with Crippen LogP contribution in [0.4, 0.5) is 0 Å². The molecule has 8 heteroatoms. The van der Waals surface area contributed by atoms with E-state index in [4.69, 9.17) is 10.1 Å². The first-order chi connectivity index (χ1) is 14.1. The van der Waals surface area contributed by atoms with Crippen LogP contribution in [-0.2, 0) is 4.74 Å². The Bertz CT molecular complexity index is 950. The zero-order valence-corrected chi connectivity index (χ0v) is 17.7. The van der Waals surface area contributed by atoms with Gasteiger partial charge in [0.25, 0.3) is 0 Å². The standard InChI is InChI=1S/C22H28N4O4/c1-13-6-5-7-19(26(13)29)21(27)25-18-8-14(17(23)11-20(18)30-4)12-24-16-9-15(10-16)22(2,3)28/h5-8,11-12,15-16,23,27-29H,9-10H2,1-4H3/p+1. The topological polar surface area (TPSA) is 119 Å². The summed E-state index contributed by atoms with van der Waals surface area (Å²) in [6.45, 7) is 5.33. The van der Waals surface area contributed by atoms with Crippen molar-refractivity contribution < 1.29 is 24.6 Å². The Morgan fingerprint density at radius 3 is 2.67 bits per heavy atom. The molecule has 2 aliphatic carbocycles. The molecule has 160 valence electrons. The number of nitrogens with zero attached hydrogens (tertiary/aromatic N) is 1. The number of pyridine rings is 1. The molecule has 0 bridgehead atoms. The van der Waals surface area contributed by atoms with E-state index in [1.807, 2.05) is 13.8 Å². The van der Waals surface area contributed by atoms with Crippen molar-refractivity contribution >= 4 is 11.6 Å². The highest BCUT2D eigenvalue weighted by molar-refractivity contribution is 6.10. The minimum Gasteiger partial charge on any atom is -0.494 e. The van der Waals surface area contributed by atoms with Crippen molar-refractivity contribution in [2.75, 3.05) is 7.11 Å². The maximum Gasteiger partial charge on any atom is 0.325 e. The van der Waals surface area contributed by atoms with Gasteiger partial charge in [0.15, 0.2) is 0 Å². The third-order valence-electron chi connectivity index (χ3n) is 5.62. The van der Waals surface area contributed by atoms with E-state index in [2.05, 4.69) is 10.6 Å². The Morgan fingerprint density at radius 1 is 1.33 bits per heavy atom. The van der Waals surface area contributed by atoms with Crippen molar-refractivity contribution in [1.82, 2.24) is 10.6 Å². The molecule has 0 spiro atoms. The van der Waals surface area contributed by atoms with Crippen molar-refractivity contribution in [3.05, 3.63) is 65.0 Å². The number of amides is 1. The molecule has 0 unspecified atom stereocenters. The lowest BCUT2D eigenvalue weighted by molar-refractivity contribution is -0.909. The molecule has 3 rings (SSSR count). The summed E-state index contributed by atoms with van der Waals surface area (Å²) in [6, 6.07) is 5.12. The van der Waals surface area contributed by atoms with Gasteiger partial charge in [0.2, 0.25) is 5.69 Å². The van der Waals surface area contributed by atoms with E-state index < -0.39 is 11.5 Å². The molecular weight excluding hydrogens is 384 g/mol. The smallest absolute Gasteiger partial charge is 0.325 e. The number of hydrogen-bond donors (Lipinski definition) is 5. The zero-order chi connectivity index (χ0) is 22.1. The van der Waals surface area contributed by atoms with Crippen LogP contribution in [0.1, 0.15) is 42.9 Å². The van der Waals surface area contributed by atoms with Crippen LogP contribution in [0.15, 0.2) is 53.6 Å². The summed E-state index contributed by atoms with van der Waals surface area (Å²) in [5.74, 6) is 0.112. The Labute approximate surface area is 176 Å².